The number of benzene rings is 4. The summed E-state index contributed by atoms with van der Waals surface area (Å²) in [6, 6.07) is 27.3. The van der Waals surface area contributed by atoms with Crippen molar-refractivity contribution in [2.24, 2.45) is 0 Å². The lowest BCUT2D eigenvalue weighted by Gasteiger charge is -2.31. The molecule has 1 aliphatic rings. The van der Waals surface area contributed by atoms with Gasteiger partial charge in [-0.05, 0) is 83.3 Å². The first-order valence-electron chi connectivity index (χ1n) is 16.5. The Balaban J connectivity index is 1.10. The van der Waals surface area contributed by atoms with Crippen LogP contribution < -0.4 is 15.4 Å². The number of unbranched alkanes of at least 4 members (excludes halogenated alkanes) is 1. The predicted molar refractivity (Wildman–Crippen MR) is 185 cm³/mol. The monoisotopic (exact) mass is 717 g/mol. The fourth-order valence-corrected chi connectivity index (χ4v) is 6.65. The van der Waals surface area contributed by atoms with Crippen molar-refractivity contribution in [2.45, 2.75) is 44.0 Å². The molecular formula is C40H33F6N3O3. The Labute approximate surface area is 295 Å². The number of aromatic nitrogens is 1. The van der Waals surface area contributed by atoms with E-state index in [9.17, 15) is 35.9 Å². The number of fused-ring (bicyclic) bond motifs is 3. The van der Waals surface area contributed by atoms with Crippen LogP contribution >= 0.6 is 0 Å². The van der Waals surface area contributed by atoms with E-state index in [4.69, 9.17) is 4.74 Å². The molecule has 1 aliphatic carbocycles. The molecule has 0 atom stereocenters. The van der Waals surface area contributed by atoms with Crippen LogP contribution in [0.2, 0.25) is 0 Å². The summed E-state index contributed by atoms with van der Waals surface area (Å²) in [7, 11) is 0. The number of ether oxygens (including phenoxy) is 1. The molecule has 1 aromatic heterocycles. The number of hydrogen-bond donors (Lipinski definition) is 2. The molecule has 0 fully saturated rings. The number of pyridine rings is 1. The van der Waals surface area contributed by atoms with E-state index in [0.29, 0.717) is 46.3 Å². The summed E-state index contributed by atoms with van der Waals surface area (Å²) in [6.07, 6.45) is -6.43. The zero-order valence-corrected chi connectivity index (χ0v) is 27.9. The van der Waals surface area contributed by atoms with Gasteiger partial charge in [-0.1, -0.05) is 78.9 Å². The van der Waals surface area contributed by atoms with Crippen LogP contribution in [0.25, 0.3) is 22.3 Å². The van der Waals surface area contributed by atoms with Crippen LogP contribution in [-0.2, 0) is 16.4 Å². The number of carbonyl (C=O) groups is 2. The maximum absolute atomic E-state index is 13.7. The second kappa shape index (κ2) is 14.5. The molecule has 0 bridgehead atoms. The first-order valence-corrected chi connectivity index (χ1v) is 16.5. The number of anilines is 1. The molecule has 4 aromatic carbocycles. The van der Waals surface area contributed by atoms with E-state index < -0.39 is 41.7 Å². The van der Waals surface area contributed by atoms with Crippen LogP contribution in [0.15, 0.2) is 109 Å². The Morgan fingerprint density at radius 1 is 0.769 bits per heavy atom. The largest absolute Gasteiger partial charge is 0.478 e. The van der Waals surface area contributed by atoms with Crippen molar-refractivity contribution in [1.29, 1.82) is 0 Å². The summed E-state index contributed by atoms with van der Waals surface area (Å²) in [6.45, 7) is 0.528. The highest BCUT2D eigenvalue weighted by Crippen LogP contribution is 2.51. The van der Waals surface area contributed by atoms with Gasteiger partial charge in [-0.3, -0.25) is 9.59 Å². The number of amides is 2. The molecule has 0 radical (unpaired) electrons. The van der Waals surface area contributed by atoms with Gasteiger partial charge in [-0.15, -0.1) is 0 Å². The number of rotatable bonds is 11. The lowest BCUT2D eigenvalue weighted by atomic mass is 9.73. The van der Waals surface area contributed by atoms with Crippen LogP contribution in [-0.4, -0.2) is 36.1 Å². The molecular weight excluding hydrogens is 684 g/mol. The van der Waals surface area contributed by atoms with Gasteiger partial charge in [0.15, 0.2) is 0 Å². The van der Waals surface area contributed by atoms with Crippen molar-refractivity contribution in [2.75, 3.05) is 18.5 Å². The summed E-state index contributed by atoms with van der Waals surface area (Å²) < 4.78 is 84.5. The molecule has 0 aliphatic heterocycles. The van der Waals surface area contributed by atoms with E-state index in [1.807, 2.05) is 24.3 Å². The highest BCUT2D eigenvalue weighted by Gasteiger charge is 2.49. The minimum atomic E-state index is -4.56. The smallest absolute Gasteiger partial charge is 0.416 e. The van der Waals surface area contributed by atoms with E-state index in [0.717, 1.165) is 23.3 Å². The van der Waals surface area contributed by atoms with Gasteiger partial charge in [-0.2, -0.15) is 26.3 Å². The summed E-state index contributed by atoms with van der Waals surface area (Å²) in [4.78, 5) is 31.3. The van der Waals surface area contributed by atoms with Gasteiger partial charge < -0.3 is 15.4 Å². The Hall–Kier alpha value is -5.65. The van der Waals surface area contributed by atoms with Crippen molar-refractivity contribution in [3.63, 3.8) is 0 Å². The third-order valence-electron chi connectivity index (χ3n) is 9.13. The summed E-state index contributed by atoms with van der Waals surface area (Å²) in [5, 5.41) is 4.95. The topological polar surface area (TPSA) is 80.3 Å². The molecule has 0 saturated carbocycles. The van der Waals surface area contributed by atoms with Crippen molar-refractivity contribution in [3.8, 4) is 28.1 Å². The van der Waals surface area contributed by atoms with Crippen molar-refractivity contribution in [3.05, 3.63) is 137 Å². The molecule has 2 N–H and O–H groups in total. The zero-order valence-electron chi connectivity index (χ0n) is 27.9. The van der Waals surface area contributed by atoms with Crippen LogP contribution in [0.5, 0.6) is 5.88 Å². The Morgan fingerprint density at radius 3 is 1.96 bits per heavy atom. The first-order chi connectivity index (χ1) is 24.8. The van der Waals surface area contributed by atoms with Gasteiger partial charge in [-0.25, -0.2) is 4.98 Å². The van der Waals surface area contributed by atoms with Gasteiger partial charge in [0.05, 0.1) is 24.1 Å². The van der Waals surface area contributed by atoms with Crippen molar-refractivity contribution >= 4 is 17.5 Å². The lowest BCUT2D eigenvalue weighted by molar-refractivity contribution is -0.141. The maximum atomic E-state index is 13.7. The number of aryl methyl sites for hydroxylation is 1. The van der Waals surface area contributed by atoms with Crippen molar-refractivity contribution in [1.82, 2.24) is 10.3 Å². The predicted octanol–water partition coefficient (Wildman–Crippen LogP) is 9.52. The minimum absolute atomic E-state index is 0.211. The molecule has 2 amide bonds. The molecule has 1 heterocycles. The van der Waals surface area contributed by atoms with Gasteiger partial charge in [0.25, 0.3) is 5.91 Å². The average Bonchev–Trinajstić information content (AvgIpc) is 3.41. The van der Waals surface area contributed by atoms with Crippen LogP contribution in [0.4, 0.5) is 32.0 Å². The standard InChI is InChI=1S/C40H33F6N3O3/c1-25-22-35(47-23-34(25)49-36(50)31-13-3-2-10-28(31)26-16-18-27(19-17-26)40(44,45)46)52-21-9-8-20-38(37(51)48-24-39(41,42)43)32-14-6-4-11-29(32)30-12-5-7-15-33(30)38/h2-7,10-19,22-23H,8-9,20-21,24H2,1H3,(H,48,51)(H,49,50). The van der Waals surface area contributed by atoms with Crippen LogP contribution in [0, 0.1) is 6.92 Å². The van der Waals surface area contributed by atoms with Gasteiger partial charge in [0.2, 0.25) is 11.8 Å². The average molecular weight is 718 g/mol. The van der Waals surface area contributed by atoms with E-state index in [1.165, 1.54) is 18.3 Å². The van der Waals surface area contributed by atoms with Crippen molar-refractivity contribution < 1.29 is 40.7 Å². The quantitative estimate of drug-likeness (QED) is 0.105. The molecule has 0 unspecified atom stereocenters. The van der Waals surface area contributed by atoms with Crippen LogP contribution in [0.3, 0.4) is 0 Å². The van der Waals surface area contributed by atoms with E-state index >= 15 is 0 Å². The second-order valence-electron chi connectivity index (χ2n) is 12.5. The van der Waals surface area contributed by atoms with E-state index in [-0.39, 0.29) is 24.5 Å². The number of hydrogen-bond acceptors (Lipinski definition) is 4. The van der Waals surface area contributed by atoms with E-state index in [1.54, 1.807) is 61.5 Å². The summed E-state index contributed by atoms with van der Waals surface area (Å²) in [5.74, 6) is -0.896. The molecule has 0 saturated heterocycles. The number of alkyl halides is 6. The van der Waals surface area contributed by atoms with Gasteiger partial charge in [0.1, 0.15) is 12.0 Å². The summed E-state index contributed by atoms with van der Waals surface area (Å²) in [5.41, 5.74) is 3.08. The fraction of sp³-hybridized carbons (Fsp3) is 0.225. The summed E-state index contributed by atoms with van der Waals surface area (Å²) >= 11 is 0. The second-order valence-corrected chi connectivity index (χ2v) is 12.5. The molecule has 6 rings (SSSR count). The highest BCUT2D eigenvalue weighted by molar-refractivity contribution is 6.09. The first kappa shape index (κ1) is 36.2. The number of nitrogens with one attached hydrogen (secondary N) is 2. The molecule has 12 heteroatoms. The molecule has 268 valence electrons. The number of halogens is 6. The number of nitrogens with zero attached hydrogens (tertiary/aromatic N) is 1. The minimum Gasteiger partial charge on any atom is -0.478 e. The fourth-order valence-electron chi connectivity index (χ4n) is 6.65. The SMILES string of the molecule is Cc1cc(OCCCCC2(C(=O)NCC(F)(F)F)c3ccccc3-c3ccccc32)ncc1NC(=O)c1ccccc1-c1ccc(C(F)(F)F)cc1. The molecule has 5 aromatic rings. The Morgan fingerprint density at radius 2 is 1.37 bits per heavy atom. The normalized spacial score (nSPS) is 13.2. The van der Waals surface area contributed by atoms with Crippen LogP contribution in [0.1, 0.15) is 51.9 Å². The van der Waals surface area contributed by atoms with Gasteiger partial charge >= 0.3 is 12.4 Å². The van der Waals surface area contributed by atoms with Gasteiger partial charge in [0, 0.05) is 11.6 Å². The molecule has 6 nitrogen and oxygen atoms in total. The highest BCUT2D eigenvalue weighted by atomic mass is 19.4. The Kier molecular flexibility index (Phi) is 10.1. The Bertz CT molecular complexity index is 2050. The lowest BCUT2D eigenvalue weighted by Crippen LogP contribution is -2.47. The zero-order chi connectivity index (χ0) is 37.1. The third-order valence-corrected chi connectivity index (χ3v) is 9.13. The third kappa shape index (κ3) is 7.51. The number of carbonyl (C=O) groups excluding carboxylic acids is 2. The molecule has 0 spiro atoms. The maximum Gasteiger partial charge on any atom is 0.416 e. The molecule has 52 heavy (non-hydrogen) atoms. The van der Waals surface area contributed by atoms with E-state index in [2.05, 4.69) is 15.6 Å².